The number of likely N-dealkylation sites (N-methyl/N-ethyl adjacent to an activating group) is 1. The Morgan fingerprint density at radius 2 is 2.17 bits per heavy atom. The minimum absolute atomic E-state index is 0.0657. The summed E-state index contributed by atoms with van der Waals surface area (Å²) >= 11 is 0. The predicted octanol–water partition coefficient (Wildman–Crippen LogP) is 1.95. The Hall–Kier alpha value is -3.13. The van der Waals surface area contributed by atoms with E-state index in [0.717, 1.165) is 28.6 Å². The van der Waals surface area contributed by atoms with Gasteiger partial charge in [-0.25, -0.2) is 0 Å². The van der Waals surface area contributed by atoms with Gasteiger partial charge < -0.3 is 19.5 Å². The maximum Gasteiger partial charge on any atom is 0.274 e. The number of nitrogens with one attached hydrogen (secondary N) is 2. The van der Waals surface area contributed by atoms with Crippen molar-refractivity contribution in [2.24, 2.45) is 0 Å². The molecule has 0 spiro atoms. The fraction of sp³-hybridized carbons (Fsp3) is 0.381. The molecule has 0 radical (unpaired) electrons. The van der Waals surface area contributed by atoms with E-state index in [1.54, 1.807) is 16.8 Å². The third-order valence-electron chi connectivity index (χ3n) is 5.96. The summed E-state index contributed by atoms with van der Waals surface area (Å²) in [5.74, 6) is -0.193. The van der Waals surface area contributed by atoms with Crippen LogP contribution in [0.4, 0.5) is 0 Å². The molecule has 0 bridgehead atoms. The highest BCUT2D eigenvalue weighted by atomic mass is 16.5. The maximum atomic E-state index is 13.1. The molecule has 4 heterocycles. The number of benzene rings is 1. The number of aromatic amines is 2. The minimum atomic E-state index is -0.127. The summed E-state index contributed by atoms with van der Waals surface area (Å²) in [7, 11) is 1.79. The molecule has 3 aromatic rings. The third-order valence-corrected chi connectivity index (χ3v) is 5.96. The molecule has 1 aromatic carbocycles. The quantitative estimate of drug-likeness (QED) is 0.711. The molecule has 2 aromatic heterocycles. The average molecular weight is 393 g/mol. The fourth-order valence-corrected chi connectivity index (χ4v) is 4.16. The van der Waals surface area contributed by atoms with E-state index < -0.39 is 0 Å². The molecule has 1 fully saturated rings. The lowest BCUT2D eigenvalue weighted by atomic mass is 10.0. The van der Waals surface area contributed by atoms with Crippen LogP contribution in [-0.4, -0.2) is 69.6 Å². The summed E-state index contributed by atoms with van der Waals surface area (Å²) in [5, 5.41) is 8.30. The van der Waals surface area contributed by atoms with Crippen molar-refractivity contribution in [2.45, 2.75) is 25.4 Å². The average Bonchev–Trinajstić information content (AvgIpc) is 3.50. The van der Waals surface area contributed by atoms with Gasteiger partial charge in [-0.15, -0.1) is 0 Å². The largest absolute Gasteiger partial charge is 0.379 e. The standard InChI is InChI=1S/C21H23N5O3/c1-25(14-7-9-29-12-14)21(28)19-15-11-26(8-6-17(15)23-24-19)20(27)18-10-13-4-2-3-5-16(13)22-18/h2-5,10,14,22H,6-9,11-12H2,1H3,(H,23,24). The molecule has 0 saturated carbocycles. The smallest absolute Gasteiger partial charge is 0.274 e. The van der Waals surface area contributed by atoms with Crippen molar-refractivity contribution < 1.29 is 14.3 Å². The molecule has 150 valence electrons. The maximum absolute atomic E-state index is 13.1. The van der Waals surface area contributed by atoms with Crippen molar-refractivity contribution >= 4 is 22.7 Å². The number of para-hydroxylation sites is 1. The van der Waals surface area contributed by atoms with E-state index in [0.29, 0.717) is 44.1 Å². The van der Waals surface area contributed by atoms with Crippen LogP contribution < -0.4 is 0 Å². The van der Waals surface area contributed by atoms with Crippen LogP contribution in [0.3, 0.4) is 0 Å². The normalized spacial score (nSPS) is 18.8. The first kappa shape index (κ1) is 17.9. The number of ether oxygens (including phenoxy) is 1. The van der Waals surface area contributed by atoms with E-state index >= 15 is 0 Å². The number of fused-ring (bicyclic) bond motifs is 2. The van der Waals surface area contributed by atoms with E-state index in [4.69, 9.17) is 4.74 Å². The highest BCUT2D eigenvalue weighted by Gasteiger charge is 2.32. The second-order valence-corrected chi connectivity index (χ2v) is 7.71. The van der Waals surface area contributed by atoms with Crippen LogP contribution in [0.1, 0.15) is 38.7 Å². The molecule has 2 N–H and O–H groups in total. The SMILES string of the molecule is CN(C(=O)c1n[nH]c2c1CN(C(=O)c1cc3ccccc3[nH]1)CC2)C1CCOC1. The van der Waals surface area contributed by atoms with Gasteiger partial charge in [0.05, 0.1) is 19.2 Å². The van der Waals surface area contributed by atoms with Gasteiger partial charge in [0.15, 0.2) is 5.69 Å². The molecule has 2 aliphatic rings. The molecule has 1 atom stereocenters. The summed E-state index contributed by atoms with van der Waals surface area (Å²) in [6.07, 6.45) is 1.48. The number of H-pyrrole nitrogens is 2. The van der Waals surface area contributed by atoms with Gasteiger partial charge in [0, 0.05) is 48.8 Å². The summed E-state index contributed by atoms with van der Waals surface area (Å²) in [5.41, 5.74) is 3.66. The lowest BCUT2D eigenvalue weighted by Crippen LogP contribution is -2.40. The highest BCUT2D eigenvalue weighted by Crippen LogP contribution is 2.25. The molecule has 8 nitrogen and oxygen atoms in total. The summed E-state index contributed by atoms with van der Waals surface area (Å²) in [6.45, 7) is 2.19. The topological polar surface area (TPSA) is 94.3 Å². The van der Waals surface area contributed by atoms with Crippen LogP contribution in [0.5, 0.6) is 0 Å². The van der Waals surface area contributed by atoms with Crippen LogP contribution in [0.15, 0.2) is 30.3 Å². The fourth-order valence-electron chi connectivity index (χ4n) is 4.16. The zero-order chi connectivity index (χ0) is 20.0. The van der Waals surface area contributed by atoms with Gasteiger partial charge in [0.25, 0.3) is 11.8 Å². The second-order valence-electron chi connectivity index (χ2n) is 7.71. The number of aromatic nitrogens is 3. The van der Waals surface area contributed by atoms with Crippen LogP contribution in [-0.2, 0) is 17.7 Å². The Balaban J connectivity index is 1.38. The molecule has 29 heavy (non-hydrogen) atoms. The van der Waals surface area contributed by atoms with E-state index in [9.17, 15) is 9.59 Å². The molecule has 1 unspecified atom stereocenters. The van der Waals surface area contributed by atoms with Crippen molar-refractivity contribution in [3.8, 4) is 0 Å². The molecule has 2 aliphatic heterocycles. The van der Waals surface area contributed by atoms with Crippen LogP contribution in [0.2, 0.25) is 0 Å². The van der Waals surface area contributed by atoms with Gasteiger partial charge in [0.1, 0.15) is 5.69 Å². The van der Waals surface area contributed by atoms with Gasteiger partial charge in [-0.2, -0.15) is 5.10 Å². The number of carbonyl (C=O) groups excluding carboxylic acids is 2. The van der Waals surface area contributed by atoms with Crippen molar-refractivity contribution in [3.05, 3.63) is 53.0 Å². The highest BCUT2D eigenvalue weighted by molar-refractivity contribution is 5.98. The first-order valence-corrected chi connectivity index (χ1v) is 9.90. The Morgan fingerprint density at radius 1 is 1.31 bits per heavy atom. The number of carbonyl (C=O) groups is 2. The lowest BCUT2D eigenvalue weighted by molar-refractivity contribution is 0.0687. The number of amides is 2. The molecule has 2 amide bonds. The number of hydrogen-bond acceptors (Lipinski definition) is 4. The van der Waals surface area contributed by atoms with Gasteiger partial charge in [-0.1, -0.05) is 18.2 Å². The third kappa shape index (κ3) is 3.09. The van der Waals surface area contributed by atoms with E-state index in [-0.39, 0.29) is 17.9 Å². The molecular weight excluding hydrogens is 370 g/mol. The van der Waals surface area contributed by atoms with Gasteiger partial charge in [-0.3, -0.25) is 14.7 Å². The van der Waals surface area contributed by atoms with E-state index in [1.165, 1.54) is 0 Å². The minimum Gasteiger partial charge on any atom is -0.379 e. The number of rotatable bonds is 3. The van der Waals surface area contributed by atoms with E-state index in [2.05, 4.69) is 15.2 Å². The summed E-state index contributed by atoms with van der Waals surface area (Å²) in [6, 6.07) is 9.77. The van der Waals surface area contributed by atoms with E-state index in [1.807, 2.05) is 30.3 Å². The summed E-state index contributed by atoms with van der Waals surface area (Å²) < 4.78 is 5.40. The molecule has 1 saturated heterocycles. The molecule has 0 aliphatic carbocycles. The zero-order valence-electron chi connectivity index (χ0n) is 16.3. The first-order valence-electron chi connectivity index (χ1n) is 9.90. The Morgan fingerprint density at radius 3 is 2.97 bits per heavy atom. The molecule has 5 rings (SSSR count). The Labute approximate surface area is 167 Å². The number of nitrogens with zero attached hydrogens (tertiary/aromatic N) is 3. The Kier molecular flexibility index (Phi) is 4.35. The zero-order valence-corrected chi connectivity index (χ0v) is 16.3. The van der Waals surface area contributed by atoms with Gasteiger partial charge >= 0.3 is 0 Å². The van der Waals surface area contributed by atoms with Gasteiger partial charge in [0.2, 0.25) is 0 Å². The van der Waals surface area contributed by atoms with Crippen LogP contribution in [0, 0.1) is 0 Å². The monoisotopic (exact) mass is 393 g/mol. The van der Waals surface area contributed by atoms with Gasteiger partial charge in [-0.05, 0) is 18.6 Å². The van der Waals surface area contributed by atoms with Crippen molar-refractivity contribution in [3.63, 3.8) is 0 Å². The first-order chi connectivity index (χ1) is 14.1. The summed E-state index contributed by atoms with van der Waals surface area (Å²) in [4.78, 5) is 32.8. The second kappa shape index (κ2) is 7.04. The van der Waals surface area contributed by atoms with Crippen molar-refractivity contribution in [1.82, 2.24) is 25.0 Å². The van der Waals surface area contributed by atoms with Crippen LogP contribution >= 0.6 is 0 Å². The van der Waals surface area contributed by atoms with Crippen LogP contribution in [0.25, 0.3) is 10.9 Å². The Bertz CT molecular complexity index is 1050. The lowest BCUT2D eigenvalue weighted by Gasteiger charge is -2.28. The predicted molar refractivity (Wildman–Crippen MR) is 107 cm³/mol. The molecular formula is C21H23N5O3. The number of hydrogen-bond donors (Lipinski definition) is 2. The van der Waals surface area contributed by atoms with Crippen molar-refractivity contribution in [1.29, 1.82) is 0 Å². The van der Waals surface area contributed by atoms with Crippen molar-refractivity contribution in [2.75, 3.05) is 26.8 Å². The molecule has 8 heteroatoms.